The zero-order valence-corrected chi connectivity index (χ0v) is 12.3. The fourth-order valence-corrected chi connectivity index (χ4v) is 2.56. The molecule has 0 radical (unpaired) electrons. The summed E-state index contributed by atoms with van der Waals surface area (Å²) in [5, 5.41) is 15.3. The van der Waals surface area contributed by atoms with Crippen LogP contribution in [0.4, 0.5) is 0 Å². The maximum absolute atomic E-state index is 8.70. The number of nitrogens with zero attached hydrogens (tertiary/aromatic N) is 1. The Morgan fingerprint density at radius 3 is 2.72 bits per heavy atom. The minimum Gasteiger partial charge on any atom is -0.409 e. The molecule has 1 aromatic rings. The first-order chi connectivity index (χ1) is 8.36. The number of nitrogens with two attached hydrogens (primary N) is 1. The lowest BCUT2D eigenvalue weighted by atomic mass is 9.88. The minimum absolute atomic E-state index is 0.281. The van der Waals surface area contributed by atoms with E-state index in [0.29, 0.717) is 6.04 Å². The number of rotatable bonds is 6. The first-order valence-electron chi connectivity index (χ1n) is 6.14. The molecule has 0 fully saturated rings. The molecule has 1 aromatic heterocycles. The van der Waals surface area contributed by atoms with E-state index in [1.165, 1.54) is 9.75 Å². The number of hydrogen-bond donors (Lipinski definition) is 3. The second kappa shape index (κ2) is 6.20. The molecule has 0 aliphatic rings. The van der Waals surface area contributed by atoms with Crippen LogP contribution in [0.5, 0.6) is 0 Å². The highest BCUT2D eigenvalue weighted by atomic mass is 32.1. The van der Waals surface area contributed by atoms with Gasteiger partial charge in [0.25, 0.3) is 0 Å². The SMILES string of the molecule is Cc1ccc(C(C)NCCC(C)(C)C(N)=NO)s1. The van der Waals surface area contributed by atoms with Crippen LogP contribution >= 0.6 is 11.3 Å². The van der Waals surface area contributed by atoms with Crippen molar-refractivity contribution in [2.24, 2.45) is 16.3 Å². The van der Waals surface area contributed by atoms with Gasteiger partial charge in [-0.1, -0.05) is 19.0 Å². The highest BCUT2D eigenvalue weighted by Gasteiger charge is 2.23. The van der Waals surface area contributed by atoms with Crippen molar-refractivity contribution in [3.8, 4) is 0 Å². The molecule has 1 heterocycles. The Labute approximate surface area is 113 Å². The second-order valence-electron chi connectivity index (χ2n) is 5.24. The van der Waals surface area contributed by atoms with Gasteiger partial charge in [-0.25, -0.2) is 0 Å². The van der Waals surface area contributed by atoms with Crippen molar-refractivity contribution in [1.29, 1.82) is 0 Å². The molecule has 5 heteroatoms. The van der Waals surface area contributed by atoms with Gasteiger partial charge in [-0.15, -0.1) is 11.3 Å². The number of amidine groups is 1. The zero-order valence-electron chi connectivity index (χ0n) is 11.5. The number of thiophene rings is 1. The molecule has 0 spiro atoms. The van der Waals surface area contributed by atoms with Crippen molar-refractivity contribution in [2.45, 2.75) is 40.2 Å². The van der Waals surface area contributed by atoms with E-state index in [0.717, 1.165) is 13.0 Å². The molecule has 4 N–H and O–H groups in total. The molecule has 18 heavy (non-hydrogen) atoms. The average molecular weight is 269 g/mol. The number of aryl methyl sites for hydroxylation is 1. The van der Waals surface area contributed by atoms with Gasteiger partial charge in [0, 0.05) is 21.2 Å². The van der Waals surface area contributed by atoms with Crippen LogP contribution in [0.15, 0.2) is 17.3 Å². The van der Waals surface area contributed by atoms with Gasteiger partial charge >= 0.3 is 0 Å². The first-order valence-corrected chi connectivity index (χ1v) is 6.96. The summed E-state index contributed by atoms with van der Waals surface area (Å²) in [5.41, 5.74) is 5.37. The maximum atomic E-state index is 8.70. The normalized spacial score (nSPS) is 14.8. The van der Waals surface area contributed by atoms with Crippen molar-refractivity contribution < 1.29 is 5.21 Å². The summed E-state index contributed by atoms with van der Waals surface area (Å²) in [7, 11) is 0. The third-order valence-electron chi connectivity index (χ3n) is 3.19. The summed E-state index contributed by atoms with van der Waals surface area (Å²) < 4.78 is 0. The average Bonchev–Trinajstić information content (AvgIpc) is 2.74. The van der Waals surface area contributed by atoms with Crippen molar-refractivity contribution in [1.82, 2.24) is 5.32 Å². The fourth-order valence-electron chi connectivity index (χ4n) is 1.65. The van der Waals surface area contributed by atoms with E-state index in [1.54, 1.807) is 0 Å². The van der Waals surface area contributed by atoms with Gasteiger partial charge in [-0.3, -0.25) is 0 Å². The summed E-state index contributed by atoms with van der Waals surface area (Å²) in [6.07, 6.45) is 0.831. The molecular weight excluding hydrogens is 246 g/mol. The Balaban J connectivity index is 2.42. The van der Waals surface area contributed by atoms with Crippen LogP contribution in [0.2, 0.25) is 0 Å². The molecule has 1 rings (SSSR count). The van der Waals surface area contributed by atoms with E-state index >= 15 is 0 Å². The molecule has 0 aliphatic carbocycles. The summed E-state index contributed by atoms with van der Waals surface area (Å²) >= 11 is 1.81. The van der Waals surface area contributed by atoms with Crippen LogP contribution in [-0.4, -0.2) is 17.6 Å². The van der Waals surface area contributed by atoms with E-state index in [2.05, 4.69) is 36.5 Å². The summed E-state index contributed by atoms with van der Waals surface area (Å²) in [6.45, 7) is 9.05. The molecule has 0 amide bonds. The molecule has 0 aliphatic heterocycles. The highest BCUT2D eigenvalue weighted by molar-refractivity contribution is 7.12. The monoisotopic (exact) mass is 269 g/mol. The molecule has 0 saturated carbocycles. The van der Waals surface area contributed by atoms with Gasteiger partial charge in [-0.05, 0) is 38.9 Å². The smallest absolute Gasteiger partial charge is 0.144 e. The molecule has 1 atom stereocenters. The Kier molecular flexibility index (Phi) is 5.16. The number of oxime groups is 1. The Bertz CT molecular complexity index is 412. The maximum Gasteiger partial charge on any atom is 0.144 e. The molecule has 0 bridgehead atoms. The summed E-state index contributed by atoms with van der Waals surface area (Å²) in [6, 6.07) is 4.64. The van der Waals surface area contributed by atoms with Gasteiger partial charge in [0.2, 0.25) is 0 Å². The van der Waals surface area contributed by atoms with Crippen molar-refractivity contribution >= 4 is 17.2 Å². The molecular formula is C13H23N3OS. The minimum atomic E-state index is -0.285. The molecule has 0 aromatic carbocycles. The van der Waals surface area contributed by atoms with Gasteiger partial charge in [-0.2, -0.15) is 0 Å². The van der Waals surface area contributed by atoms with Gasteiger partial charge in [0.05, 0.1) is 0 Å². The van der Waals surface area contributed by atoms with E-state index < -0.39 is 0 Å². The van der Waals surface area contributed by atoms with Crippen LogP contribution in [0.3, 0.4) is 0 Å². The predicted molar refractivity (Wildman–Crippen MR) is 77.3 cm³/mol. The molecule has 4 nitrogen and oxygen atoms in total. The van der Waals surface area contributed by atoms with E-state index in [9.17, 15) is 0 Å². The third-order valence-corrected chi connectivity index (χ3v) is 4.37. The topological polar surface area (TPSA) is 70.6 Å². The lowest BCUT2D eigenvalue weighted by Gasteiger charge is -2.23. The fraction of sp³-hybridized carbons (Fsp3) is 0.615. The summed E-state index contributed by atoms with van der Waals surface area (Å²) in [4.78, 5) is 2.67. The van der Waals surface area contributed by atoms with Crippen LogP contribution in [0.1, 0.15) is 43.0 Å². The van der Waals surface area contributed by atoms with Crippen LogP contribution in [-0.2, 0) is 0 Å². The quantitative estimate of drug-likeness (QED) is 0.322. The van der Waals surface area contributed by atoms with E-state index in [1.807, 2.05) is 25.2 Å². The molecule has 102 valence electrons. The van der Waals surface area contributed by atoms with Gasteiger partial charge < -0.3 is 16.3 Å². The van der Waals surface area contributed by atoms with Gasteiger partial charge in [0.15, 0.2) is 0 Å². The third kappa shape index (κ3) is 3.99. The second-order valence-corrected chi connectivity index (χ2v) is 6.56. The first kappa shape index (κ1) is 15.0. The van der Waals surface area contributed by atoms with Crippen molar-refractivity contribution in [3.63, 3.8) is 0 Å². The predicted octanol–water partition coefficient (Wildman–Crippen LogP) is 2.87. The Hall–Kier alpha value is -1.07. The summed E-state index contributed by atoms with van der Waals surface area (Å²) in [5.74, 6) is 0.281. The van der Waals surface area contributed by atoms with E-state index in [4.69, 9.17) is 10.9 Å². The highest BCUT2D eigenvalue weighted by Crippen LogP contribution is 2.24. The molecule has 1 unspecified atom stereocenters. The lowest BCUT2D eigenvalue weighted by Crippen LogP contribution is -2.35. The number of hydrogen-bond acceptors (Lipinski definition) is 4. The Morgan fingerprint density at radius 1 is 1.56 bits per heavy atom. The largest absolute Gasteiger partial charge is 0.409 e. The Morgan fingerprint density at radius 2 is 2.22 bits per heavy atom. The van der Waals surface area contributed by atoms with E-state index in [-0.39, 0.29) is 11.3 Å². The number of nitrogens with one attached hydrogen (secondary N) is 1. The van der Waals surface area contributed by atoms with Gasteiger partial charge in [0.1, 0.15) is 5.84 Å². The van der Waals surface area contributed by atoms with Crippen molar-refractivity contribution in [3.05, 3.63) is 21.9 Å². The van der Waals surface area contributed by atoms with Crippen LogP contribution in [0.25, 0.3) is 0 Å². The van der Waals surface area contributed by atoms with Crippen LogP contribution < -0.4 is 11.1 Å². The lowest BCUT2D eigenvalue weighted by molar-refractivity contribution is 0.304. The zero-order chi connectivity index (χ0) is 13.8. The standard InChI is InChI=1S/C13H23N3OS/c1-9-5-6-11(18-9)10(2)15-8-7-13(3,4)12(14)16-17/h5-6,10,15,17H,7-8H2,1-4H3,(H2,14,16). The molecule has 0 saturated heterocycles. The van der Waals surface area contributed by atoms with Crippen LogP contribution in [0, 0.1) is 12.3 Å². The van der Waals surface area contributed by atoms with Crippen molar-refractivity contribution in [2.75, 3.05) is 6.54 Å².